The summed E-state index contributed by atoms with van der Waals surface area (Å²) in [6.07, 6.45) is 6.25. The van der Waals surface area contributed by atoms with Crippen LogP contribution in [0.1, 0.15) is 25.7 Å². The van der Waals surface area contributed by atoms with Gasteiger partial charge in [-0.3, -0.25) is 0 Å². The number of rotatable bonds is 0. The third-order valence-corrected chi connectivity index (χ3v) is 1.91. The minimum atomic E-state index is 1.00. The van der Waals surface area contributed by atoms with Gasteiger partial charge in [0.05, 0.1) is 0 Å². The van der Waals surface area contributed by atoms with Crippen molar-refractivity contribution < 1.29 is 0 Å². The summed E-state index contributed by atoms with van der Waals surface area (Å²) < 4.78 is 0. The Morgan fingerprint density at radius 1 is 1.00 bits per heavy atom. The van der Waals surface area contributed by atoms with Crippen LogP contribution in [0.3, 0.4) is 0 Å². The zero-order chi connectivity index (χ0) is 5.33. The summed E-state index contributed by atoms with van der Waals surface area (Å²) >= 11 is 0. The minimum Gasteiger partial charge on any atom is -0.333 e. The van der Waals surface area contributed by atoms with Crippen molar-refractivity contribution in [2.45, 2.75) is 25.7 Å². The molecule has 0 atom stereocenters. The van der Waals surface area contributed by atoms with Crippen LogP contribution in [0.4, 0.5) is 0 Å². The first-order valence-electron chi connectivity index (χ1n) is 2.99. The zero-order valence-electron chi connectivity index (χ0n) is 4.91. The lowest BCUT2D eigenvalue weighted by molar-refractivity contribution is 0.898. The molecular formula is C6H13N. The van der Waals surface area contributed by atoms with Gasteiger partial charge in [-0.05, 0) is 38.1 Å². The van der Waals surface area contributed by atoms with Gasteiger partial charge in [-0.2, -0.15) is 0 Å². The van der Waals surface area contributed by atoms with E-state index in [2.05, 4.69) is 5.73 Å². The molecule has 0 aliphatic heterocycles. The lowest BCUT2D eigenvalue weighted by Gasteiger charge is -1.60. The molecule has 0 heterocycles. The van der Waals surface area contributed by atoms with E-state index in [0.29, 0.717) is 0 Å². The van der Waals surface area contributed by atoms with Crippen LogP contribution in [0, 0.1) is 5.41 Å². The maximum atomic E-state index is 4.50. The first-order valence-corrected chi connectivity index (χ1v) is 2.99. The lowest BCUT2D eigenvalue weighted by atomic mass is 10.5. The fourth-order valence-electron chi connectivity index (χ4n) is 0.854. The van der Waals surface area contributed by atoms with Crippen molar-refractivity contribution in [3.63, 3.8) is 0 Å². The molecule has 2 aliphatic carbocycles. The molecule has 0 radical (unpaired) electrons. The van der Waals surface area contributed by atoms with Gasteiger partial charge in [0.2, 0.25) is 0 Å². The van der Waals surface area contributed by atoms with E-state index in [0.717, 1.165) is 5.41 Å². The summed E-state index contributed by atoms with van der Waals surface area (Å²) in [7, 11) is 1.50. The van der Waals surface area contributed by atoms with E-state index in [-0.39, 0.29) is 0 Å². The van der Waals surface area contributed by atoms with Crippen LogP contribution >= 0.6 is 0 Å². The van der Waals surface area contributed by atoms with Crippen molar-refractivity contribution in [3.8, 4) is 0 Å². The van der Waals surface area contributed by atoms with Crippen LogP contribution in [-0.2, 0) is 0 Å². The fraction of sp³-hybridized carbons (Fsp3) is 1.00. The van der Waals surface area contributed by atoms with Gasteiger partial charge < -0.3 is 5.73 Å². The molecule has 2 N–H and O–H groups in total. The van der Waals surface area contributed by atoms with Crippen molar-refractivity contribution in [2.24, 2.45) is 11.1 Å². The largest absolute Gasteiger partial charge is 0.333 e. The Morgan fingerprint density at radius 2 is 1.29 bits per heavy atom. The normalized spacial score (nSPS) is 28.3. The monoisotopic (exact) mass is 99.1 g/mol. The van der Waals surface area contributed by atoms with Gasteiger partial charge >= 0.3 is 0 Å². The minimum absolute atomic E-state index is 1.00. The van der Waals surface area contributed by atoms with E-state index < -0.39 is 0 Å². The van der Waals surface area contributed by atoms with Crippen molar-refractivity contribution in [1.82, 2.24) is 0 Å². The first kappa shape index (κ1) is 5.10. The van der Waals surface area contributed by atoms with Gasteiger partial charge in [-0.25, -0.2) is 0 Å². The Morgan fingerprint density at radius 3 is 1.29 bits per heavy atom. The summed E-state index contributed by atoms with van der Waals surface area (Å²) in [5.41, 5.74) is 5.50. The summed E-state index contributed by atoms with van der Waals surface area (Å²) in [4.78, 5) is 0. The molecule has 0 amide bonds. The molecule has 2 fully saturated rings. The molecular weight excluding hydrogens is 86.1 g/mol. The van der Waals surface area contributed by atoms with E-state index in [1.807, 2.05) is 0 Å². The Bertz CT molecular complexity index is 47.1. The van der Waals surface area contributed by atoms with E-state index in [4.69, 9.17) is 0 Å². The molecule has 0 aromatic rings. The standard InChI is InChI=1S/C5H8.CH5N/c1-2-5(1)3-4-5;1-2/h1-4H2;2H2,1H3. The van der Waals surface area contributed by atoms with Crippen LogP contribution in [0.2, 0.25) is 0 Å². The quantitative estimate of drug-likeness (QED) is 0.484. The van der Waals surface area contributed by atoms with Crippen LogP contribution in [-0.4, -0.2) is 7.05 Å². The molecule has 2 rings (SSSR count). The fourth-order valence-corrected chi connectivity index (χ4v) is 0.854. The Balaban J connectivity index is 0.000000112. The molecule has 1 heteroatoms. The third kappa shape index (κ3) is 0.942. The molecule has 0 aromatic carbocycles. The lowest BCUT2D eigenvalue weighted by Crippen LogP contribution is -1.69. The molecule has 2 saturated carbocycles. The second-order valence-corrected chi connectivity index (χ2v) is 2.50. The van der Waals surface area contributed by atoms with Crippen LogP contribution < -0.4 is 5.73 Å². The molecule has 7 heavy (non-hydrogen) atoms. The van der Waals surface area contributed by atoms with Gasteiger partial charge in [0, 0.05) is 0 Å². The molecule has 42 valence electrons. The Hall–Kier alpha value is -0.0400. The highest BCUT2D eigenvalue weighted by atomic mass is 14.6. The second-order valence-electron chi connectivity index (χ2n) is 2.50. The molecule has 0 unspecified atom stereocenters. The molecule has 2 aliphatic rings. The van der Waals surface area contributed by atoms with Crippen molar-refractivity contribution in [2.75, 3.05) is 7.05 Å². The summed E-state index contributed by atoms with van der Waals surface area (Å²) in [6, 6.07) is 0. The van der Waals surface area contributed by atoms with Gasteiger partial charge in [0.1, 0.15) is 0 Å². The maximum Gasteiger partial charge on any atom is -0.0195 e. The van der Waals surface area contributed by atoms with Crippen LogP contribution in [0.5, 0.6) is 0 Å². The average Bonchev–Trinajstić information content (AvgIpc) is 2.59. The van der Waals surface area contributed by atoms with Crippen molar-refractivity contribution >= 4 is 0 Å². The molecule has 1 nitrogen and oxygen atoms in total. The number of hydrogen-bond acceptors (Lipinski definition) is 1. The van der Waals surface area contributed by atoms with Crippen molar-refractivity contribution in [3.05, 3.63) is 0 Å². The van der Waals surface area contributed by atoms with E-state index in [9.17, 15) is 0 Å². The Labute approximate surface area is 44.9 Å². The Kier molecular flexibility index (Phi) is 1.08. The highest BCUT2D eigenvalue weighted by molar-refractivity contribution is 5.04. The zero-order valence-corrected chi connectivity index (χ0v) is 4.91. The van der Waals surface area contributed by atoms with Crippen LogP contribution in [0.25, 0.3) is 0 Å². The van der Waals surface area contributed by atoms with E-state index in [1.54, 1.807) is 25.7 Å². The van der Waals surface area contributed by atoms with Gasteiger partial charge in [0.15, 0.2) is 0 Å². The predicted octanol–water partition coefficient (Wildman–Crippen LogP) is 1.14. The molecule has 0 bridgehead atoms. The first-order chi connectivity index (χ1) is 3.41. The smallest absolute Gasteiger partial charge is 0.0195 e. The number of hydrogen-bond donors (Lipinski definition) is 1. The topological polar surface area (TPSA) is 26.0 Å². The van der Waals surface area contributed by atoms with E-state index >= 15 is 0 Å². The third-order valence-electron chi connectivity index (χ3n) is 1.91. The SMILES string of the molecule is C1CC12CC2.CN. The molecule has 1 spiro atoms. The maximum absolute atomic E-state index is 4.50. The van der Waals surface area contributed by atoms with Crippen molar-refractivity contribution in [1.29, 1.82) is 0 Å². The number of nitrogens with two attached hydrogens (primary N) is 1. The molecule has 0 saturated heterocycles. The highest BCUT2D eigenvalue weighted by Crippen LogP contribution is 2.65. The second kappa shape index (κ2) is 1.48. The van der Waals surface area contributed by atoms with Crippen LogP contribution in [0.15, 0.2) is 0 Å². The predicted molar refractivity (Wildman–Crippen MR) is 31.0 cm³/mol. The molecule has 0 aromatic heterocycles. The summed E-state index contributed by atoms with van der Waals surface area (Å²) in [5.74, 6) is 0. The van der Waals surface area contributed by atoms with Gasteiger partial charge in [-0.15, -0.1) is 0 Å². The average molecular weight is 99.2 g/mol. The summed E-state index contributed by atoms with van der Waals surface area (Å²) in [6.45, 7) is 0. The highest BCUT2D eigenvalue weighted by Gasteiger charge is 2.52. The summed E-state index contributed by atoms with van der Waals surface area (Å²) in [5, 5.41) is 0. The van der Waals surface area contributed by atoms with E-state index in [1.165, 1.54) is 7.05 Å². The van der Waals surface area contributed by atoms with Gasteiger partial charge in [-0.1, -0.05) is 0 Å². The van der Waals surface area contributed by atoms with Gasteiger partial charge in [0.25, 0.3) is 0 Å².